The van der Waals surface area contributed by atoms with E-state index in [-0.39, 0.29) is 145 Å². The third-order valence-electron chi connectivity index (χ3n) is 17.7. The van der Waals surface area contributed by atoms with Crippen LogP contribution >= 0.6 is 0 Å². The number of hydrogen-bond donors (Lipinski definition) is 0. The molecule has 0 N–H and O–H groups in total. The van der Waals surface area contributed by atoms with Crippen LogP contribution in [0.2, 0.25) is 0 Å². The highest BCUT2D eigenvalue weighted by Gasteiger charge is 2.41. The Balaban J connectivity index is 1.11. The van der Waals surface area contributed by atoms with Gasteiger partial charge in [0.1, 0.15) is 0 Å². The smallest absolute Gasteiger partial charge is 0.309 e. The minimum Gasteiger partial charge on any atom is -0.309 e. The van der Waals surface area contributed by atoms with Crippen molar-refractivity contribution in [1.82, 2.24) is 9.13 Å². The first-order chi connectivity index (χ1) is 47.1. The number of hydrogen-bond acceptors (Lipinski definition) is 0. The second-order valence-electron chi connectivity index (χ2n) is 24.3. The largest absolute Gasteiger partial charge is 0.417 e. The molecule has 3 nitrogen and oxygen atoms in total. The summed E-state index contributed by atoms with van der Waals surface area (Å²) in [6.07, 6.45) is -35.9. The molecule has 512 valence electrons. The van der Waals surface area contributed by atoms with Crippen LogP contribution in [0, 0.1) is 27.3 Å². The van der Waals surface area contributed by atoms with E-state index in [1.54, 1.807) is 0 Å². The minimum atomic E-state index is -5.36. The van der Waals surface area contributed by atoms with Crippen LogP contribution in [0.25, 0.3) is 127 Å². The maximum atomic E-state index is 14.9. The van der Waals surface area contributed by atoms with Gasteiger partial charge in [0.05, 0.1) is 73.3 Å². The average Bonchev–Trinajstić information content (AvgIpc) is 1.59. The number of aromatic nitrogens is 2. The molecule has 0 spiro atoms. The molecule has 101 heavy (non-hydrogen) atoms. The molecular formula is C77H42F21N3. The molecule has 0 saturated carbocycles. The van der Waals surface area contributed by atoms with E-state index in [2.05, 4.69) is 4.85 Å². The van der Waals surface area contributed by atoms with Gasteiger partial charge in [-0.05, 0) is 220 Å². The second kappa shape index (κ2) is 23.9. The number of rotatable bonds is 8. The number of nitrogens with zero attached hydrogens (tertiary/aromatic N) is 3. The molecule has 0 aliphatic rings. The van der Waals surface area contributed by atoms with Crippen molar-refractivity contribution in [3.05, 3.63) is 267 Å². The average molecular weight is 1410 g/mol. The van der Waals surface area contributed by atoms with Crippen LogP contribution in [0.5, 0.6) is 0 Å². The first-order valence-corrected chi connectivity index (χ1v) is 30.1. The Bertz CT molecular complexity index is 5450. The Morgan fingerprint density at radius 2 is 0.644 bits per heavy atom. The summed E-state index contributed by atoms with van der Waals surface area (Å²) in [4.78, 5) is 3.78. The molecule has 13 rings (SSSR count). The van der Waals surface area contributed by atoms with Gasteiger partial charge in [0.15, 0.2) is 5.69 Å². The summed E-state index contributed by atoms with van der Waals surface area (Å²) in [5.41, 5.74) is -11.1. The van der Waals surface area contributed by atoms with Crippen LogP contribution in [0.1, 0.15) is 55.6 Å². The van der Waals surface area contributed by atoms with Crippen LogP contribution in [-0.4, -0.2) is 9.13 Å². The molecule has 24 heteroatoms. The summed E-state index contributed by atoms with van der Waals surface area (Å²) >= 11 is 0. The third kappa shape index (κ3) is 12.6. The lowest BCUT2D eigenvalue weighted by atomic mass is 9.93. The molecule has 0 aliphatic heterocycles. The summed E-state index contributed by atoms with van der Waals surface area (Å²) in [5, 5.41) is 0.521. The quantitative estimate of drug-likeness (QED) is 0.106. The number of fused-ring (bicyclic) bond motifs is 6. The van der Waals surface area contributed by atoms with Gasteiger partial charge in [-0.3, -0.25) is 0 Å². The number of aryl methyl sites for hydroxylation is 3. The van der Waals surface area contributed by atoms with E-state index < -0.39 is 93.3 Å². The fraction of sp³-hybridized carbons (Fsp3) is 0.130. The Morgan fingerprint density at radius 1 is 0.267 bits per heavy atom. The van der Waals surface area contributed by atoms with Crippen molar-refractivity contribution in [2.24, 2.45) is 0 Å². The first kappa shape index (κ1) is 68.6. The standard InChI is InChI=1S/C77H42F21N3/c1-38-5-15-53(62(25-38)75(90,91)92)43-10-23-69-60(33-43)61-34-44(54-16-6-39(2)26-63(54)76(93,94)95)11-24-70(61)101(69)68-20-7-41(46-28-49(73(84,85)86)35-50(29-46)74(87,88)89)30-57(68)56-37-51(14-19-65(56)99-4)100-66-21-8-42(52-17-12-47(27-40(52)3)71(78,79)80)31-58(66)59-32-45(9-22-67(59)100)55-18-13-48(72(81,82)83)36-64(55)77(96,97)98/h5-37H,1-3H3. The highest BCUT2D eigenvalue weighted by Crippen LogP contribution is 2.50. The molecule has 0 radical (unpaired) electrons. The van der Waals surface area contributed by atoms with Gasteiger partial charge in [0.25, 0.3) is 0 Å². The second-order valence-corrected chi connectivity index (χ2v) is 24.3. The highest BCUT2D eigenvalue weighted by atomic mass is 19.4. The van der Waals surface area contributed by atoms with Crippen molar-refractivity contribution >= 4 is 49.3 Å². The molecule has 0 unspecified atom stereocenters. The topological polar surface area (TPSA) is 14.2 Å². The molecule has 0 atom stereocenters. The predicted octanol–water partition coefficient (Wildman–Crippen LogP) is 26.5. The van der Waals surface area contributed by atoms with Crippen molar-refractivity contribution in [1.29, 1.82) is 0 Å². The lowest BCUT2D eigenvalue weighted by Gasteiger charge is -2.20. The predicted molar refractivity (Wildman–Crippen MR) is 343 cm³/mol. The van der Waals surface area contributed by atoms with Crippen molar-refractivity contribution in [3.63, 3.8) is 0 Å². The van der Waals surface area contributed by atoms with E-state index in [9.17, 15) is 92.2 Å². The molecule has 2 heterocycles. The fourth-order valence-corrected chi connectivity index (χ4v) is 13.1. The molecule has 2 aromatic heterocycles. The summed E-state index contributed by atoms with van der Waals surface area (Å²) in [5.74, 6) is 0. The zero-order valence-corrected chi connectivity index (χ0v) is 51.8. The zero-order chi connectivity index (χ0) is 72.7. The Labute approximate surface area is 558 Å². The van der Waals surface area contributed by atoms with Gasteiger partial charge < -0.3 is 9.13 Å². The molecule has 11 aromatic carbocycles. The van der Waals surface area contributed by atoms with Crippen LogP contribution in [0.15, 0.2) is 200 Å². The first-order valence-electron chi connectivity index (χ1n) is 30.1. The van der Waals surface area contributed by atoms with Crippen LogP contribution in [0.3, 0.4) is 0 Å². The Morgan fingerprint density at radius 3 is 1.05 bits per heavy atom. The fourth-order valence-electron chi connectivity index (χ4n) is 13.1. The number of benzene rings is 11. The van der Waals surface area contributed by atoms with E-state index in [1.165, 1.54) is 169 Å². The summed E-state index contributed by atoms with van der Waals surface area (Å²) in [6, 6.07) is 36.2. The Kier molecular flexibility index (Phi) is 16.2. The van der Waals surface area contributed by atoms with Crippen LogP contribution in [0.4, 0.5) is 97.9 Å². The van der Waals surface area contributed by atoms with Gasteiger partial charge in [0.2, 0.25) is 0 Å². The maximum Gasteiger partial charge on any atom is 0.417 e. The summed E-state index contributed by atoms with van der Waals surface area (Å²) in [6.45, 7) is 12.9. The number of halogens is 21. The van der Waals surface area contributed by atoms with Gasteiger partial charge >= 0.3 is 43.2 Å². The van der Waals surface area contributed by atoms with Crippen molar-refractivity contribution in [2.75, 3.05) is 0 Å². The molecule has 0 bridgehead atoms. The monoisotopic (exact) mass is 1410 g/mol. The van der Waals surface area contributed by atoms with E-state index in [0.717, 1.165) is 24.3 Å². The van der Waals surface area contributed by atoms with Gasteiger partial charge in [-0.1, -0.05) is 83.9 Å². The lowest BCUT2D eigenvalue weighted by molar-refractivity contribution is -0.144. The maximum absolute atomic E-state index is 14.9. The van der Waals surface area contributed by atoms with E-state index in [4.69, 9.17) is 6.57 Å². The van der Waals surface area contributed by atoms with E-state index in [0.29, 0.717) is 24.3 Å². The van der Waals surface area contributed by atoms with Crippen molar-refractivity contribution in [3.8, 4) is 78.1 Å². The van der Waals surface area contributed by atoms with Crippen molar-refractivity contribution < 1.29 is 92.2 Å². The molecule has 0 aliphatic carbocycles. The SMILES string of the molecule is [C-]#[N+]c1ccc(-n2c3ccc(-c4ccc(C(F)(F)F)cc4C)cc3c3cc(-c4ccc(C(F)(F)F)cc4C(F)(F)F)ccc32)cc1-c1cc(-c2cc(C(F)(F)F)cc(C(F)(F)F)c2)ccc1-n1c2ccc(-c3ccc(C)cc3C(F)(F)F)cc2c2cc(-c3ccc(C)cc3C(F)(F)F)ccc21. The summed E-state index contributed by atoms with van der Waals surface area (Å²) < 4.78 is 309. The van der Waals surface area contributed by atoms with Gasteiger partial charge in [0, 0.05) is 27.2 Å². The molecule has 0 amide bonds. The molecule has 0 fully saturated rings. The lowest BCUT2D eigenvalue weighted by Crippen LogP contribution is -2.12. The molecular weight excluding hydrogens is 1370 g/mol. The minimum absolute atomic E-state index is 0.0239. The van der Waals surface area contributed by atoms with Gasteiger partial charge in [-0.25, -0.2) is 4.85 Å². The number of alkyl halides is 21. The third-order valence-corrected chi connectivity index (χ3v) is 17.7. The zero-order valence-electron chi connectivity index (χ0n) is 51.8. The summed E-state index contributed by atoms with van der Waals surface area (Å²) in [7, 11) is 0. The molecule has 0 saturated heterocycles. The van der Waals surface area contributed by atoms with E-state index in [1.807, 2.05) is 0 Å². The van der Waals surface area contributed by atoms with E-state index >= 15 is 0 Å². The Hall–Kier alpha value is -11.0. The molecule has 13 aromatic rings. The normalized spacial score (nSPS) is 12.9. The highest BCUT2D eigenvalue weighted by molar-refractivity contribution is 6.14. The van der Waals surface area contributed by atoms with Gasteiger partial charge in [-0.15, -0.1) is 0 Å². The van der Waals surface area contributed by atoms with Gasteiger partial charge in [-0.2, -0.15) is 92.2 Å². The van der Waals surface area contributed by atoms with Crippen molar-refractivity contribution in [2.45, 2.75) is 64.0 Å². The van der Waals surface area contributed by atoms with Crippen LogP contribution in [-0.2, 0) is 43.2 Å². The van der Waals surface area contributed by atoms with Crippen LogP contribution < -0.4 is 0 Å².